The van der Waals surface area contributed by atoms with Gasteiger partial charge in [0, 0.05) is 18.5 Å². The monoisotopic (exact) mass is 207 g/mol. The predicted molar refractivity (Wildman–Crippen MR) is 58.9 cm³/mol. The van der Waals surface area contributed by atoms with Gasteiger partial charge in [-0.25, -0.2) is 0 Å². The minimum atomic E-state index is -0.949. The van der Waals surface area contributed by atoms with Crippen molar-refractivity contribution in [2.75, 3.05) is 13.2 Å². The number of ether oxygens (including phenoxy) is 1. The molecule has 1 aliphatic heterocycles. The van der Waals surface area contributed by atoms with Crippen LogP contribution in [0.2, 0.25) is 0 Å². The summed E-state index contributed by atoms with van der Waals surface area (Å²) in [5.74, 6) is 0.840. The third kappa shape index (κ3) is 1.62. The number of fused-ring (bicyclic) bond motifs is 1. The van der Waals surface area contributed by atoms with Crippen molar-refractivity contribution in [2.45, 2.75) is 25.4 Å². The zero-order chi connectivity index (χ0) is 10.9. The Morgan fingerprint density at radius 3 is 3.00 bits per heavy atom. The van der Waals surface area contributed by atoms with Gasteiger partial charge in [-0.3, -0.25) is 0 Å². The van der Waals surface area contributed by atoms with Crippen LogP contribution in [0.5, 0.6) is 5.75 Å². The Bertz CT molecular complexity index is 359. The van der Waals surface area contributed by atoms with E-state index in [1.54, 1.807) is 0 Å². The molecule has 1 aromatic carbocycles. The molecule has 0 fully saturated rings. The number of rotatable bonds is 3. The summed E-state index contributed by atoms with van der Waals surface area (Å²) in [6, 6.07) is 5.90. The van der Waals surface area contributed by atoms with Gasteiger partial charge in [-0.2, -0.15) is 0 Å². The van der Waals surface area contributed by atoms with Crippen molar-refractivity contribution in [1.82, 2.24) is 0 Å². The van der Waals surface area contributed by atoms with Crippen LogP contribution in [0, 0.1) is 0 Å². The van der Waals surface area contributed by atoms with Crippen LogP contribution in [0.1, 0.15) is 24.5 Å². The van der Waals surface area contributed by atoms with E-state index < -0.39 is 5.60 Å². The van der Waals surface area contributed by atoms with Crippen LogP contribution in [-0.2, 0) is 12.0 Å². The van der Waals surface area contributed by atoms with Crippen molar-refractivity contribution < 1.29 is 9.84 Å². The van der Waals surface area contributed by atoms with Gasteiger partial charge in [0.25, 0.3) is 0 Å². The molecule has 0 saturated carbocycles. The van der Waals surface area contributed by atoms with Gasteiger partial charge in [-0.05, 0) is 12.0 Å². The maximum Gasteiger partial charge on any atom is 0.128 e. The predicted octanol–water partition coefficient (Wildman–Crippen LogP) is 1.18. The molecule has 1 unspecified atom stereocenters. The molecule has 0 aliphatic carbocycles. The lowest BCUT2D eigenvalue weighted by Crippen LogP contribution is -2.34. The number of hydrogen-bond donors (Lipinski definition) is 2. The Labute approximate surface area is 89.9 Å². The normalized spacial score (nSPS) is 18.1. The van der Waals surface area contributed by atoms with E-state index in [9.17, 15) is 5.11 Å². The van der Waals surface area contributed by atoms with Crippen LogP contribution < -0.4 is 10.5 Å². The average molecular weight is 207 g/mol. The fourth-order valence-corrected chi connectivity index (χ4v) is 2.03. The second kappa shape index (κ2) is 3.83. The summed E-state index contributed by atoms with van der Waals surface area (Å²) < 4.78 is 5.56. The second-order valence-electron chi connectivity index (χ2n) is 3.98. The molecular formula is C12H17NO2. The summed E-state index contributed by atoms with van der Waals surface area (Å²) in [4.78, 5) is 0. The molecular weight excluding hydrogens is 190 g/mol. The Morgan fingerprint density at radius 2 is 2.33 bits per heavy atom. The van der Waals surface area contributed by atoms with Crippen molar-refractivity contribution in [3.63, 3.8) is 0 Å². The molecule has 1 aromatic rings. The zero-order valence-corrected chi connectivity index (χ0v) is 8.99. The third-order valence-electron chi connectivity index (χ3n) is 3.14. The first-order valence-electron chi connectivity index (χ1n) is 5.39. The Hall–Kier alpha value is -1.06. The Kier molecular flexibility index (Phi) is 2.67. The summed E-state index contributed by atoms with van der Waals surface area (Å²) in [7, 11) is 0. The third-order valence-corrected chi connectivity index (χ3v) is 3.14. The van der Waals surface area contributed by atoms with Crippen molar-refractivity contribution >= 4 is 0 Å². The molecule has 0 radical (unpaired) electrons. The fourth-order valence-electron chi connectivity index (χ4n) is 2.03. The number of benzene rings is 1. The van der Waals surface area contributed by atoms with Crippen molar-refractivity contribution in [1.29, 1.82) is 0 Å². The molecule has 1 atom stereocenters. The van der Waals surface area contributed by atoms with Crippen LogP contribution in [0.4, 0.5) is 0 Å². The molecule has 0 bridgehead atoms. The lowest BCUT2D eigenvalue weighted by molar-refractivity contribution is 0.0393. The highest BCUT2D eigenvalue weighted by Gasteiger charge is 2.31. The van der Waals surface area contributed by atoms with Crippen LogP contribution in [0.15, 0.2) is 18.2 Å². The van der Waals surface area contributed by atoms with E-state index in [2.05, 4.69) is 0 Å². The molecule has 82 valence electrons. The van der Waals surface area contributed by atoms with Crippen LogP contribution >= 0.6 is 0 Å². The average Bonchev–Trinajstić information content (AvgIpc) is 2.75. The zero-order valence-electron chi connectivity index (χ0n) is 8.99. The minimum Gasteiger partial charge on any atom is -0.493 e. The highest BCUT2D eigenvalue weighted by molar-refractivity contribution is 5.47. The highest BCUT2D eigenvalue weighted by Crippen LogP contribution is 2.37. The van der Waals surface area contributed by atoms with Crippen LogP contribution in [-0.4, -0.2) is 18.3 Å². The molecule has 1 heterocycles. The highest BCUT2D eigenvalue weighted by atomic mass is 16.5. The van der Waals surface area contributed by atoms with E-state index in [1.165, 1.54) is 5.56 Å². The number of hydrogen-bond acceptors (Lipinski definition) is 3. The van der Waals surface area contributed by atoms with Crippen LogP contribution in [0.3, 0.4) is 0 Å². The summed E-state index contributed by atoms with van der Waals surface area (Å²) in [6.07, 6.45) is 1.52. The molecule has 0 amide bonds. The summed E-state index contributed by atoms with van der Waals surface area (Å²) in [5.41, 5.74) is 6.70. The van der Waals surface area contributed by atoms with E-state index in [1.807, 2.05) is 25.1 Å². The first kappa shape index (κ1) is 10.5. The summed E-state index contributed by atoms with van der Waals surface area (Å²) >= 11 is 0. The van der Waals surface area contributed by atoms with E-state index in [-0.39, 0.29) is 6.54 Å². The molecule has 0 aromatic heterocycles. The maximum absolute atomic E-state index is 10.4. The lowest BCUT2D eigenvalue weighted by atomic mass is 9.89. The summed E-state index contributed by atoms with van der Waals surface area (Å²) in [6.45, 7) is 2.86. The number of aliphatic hydroxyl groups is 1. The molecule has 0 saturated heterocycles. The molecule has 3 N–H and O–H groups in total. The maximum atomic E-state index is 10.4. The van der Waals surface area contributed by atoms with E-state index >= 15 is 0 Å². The topological polar surface area (TPSA) is 55.5 Å². The Balaban J connectivity index is 2.48. The van der Waals surface area contributed by atoms with Gasteiger partial charge in [0.05, 0.1) is 6.61 Å². The lowest BCUT2D eigenvalue weighted by Gasteiger charge is -2.27. The molecule has 2 rings (SSSR count). The van der Waals surface area contributed by atoms with Gasteiger partial charge in [0.2, 0.25) is 0 Å². The SMILES string of the molecule is CCC(O)(CN)c1cccc2c1OCC2. The van der Waals surface area contributed by atoms with Gasteiger partial charge in [0.15, 0.2) is 0 Å². The quantitative estimate of drug-likeness (QED) is 0.782. The van der Waals surface area contributed by atoms with E-state index in [0.29, 0.717) is 13.0 Å². The van der Waals surface area contributed by atoms with Gasteiger partial charge in [-0.15, -0.1) is 0 Å². The minimum absolute atomic E-state index is 0.226. The number of para-hydroxylation sites is 1. The van der Waals surface area contributed by atoms with Gasteiger partial charge < -0.3 is 15.6 Å². The van der Waals surface area contributed by atoms with Crippen molar-refractivity contribution in [3.8, 4) is 5.75 Å². The summed E-state index contributed by atoms with van der Waals surface area (Å²) in [5, 5.41) is 10.4. The first-order valence-corrected chi connectivity index (χ1v) is 5.39. The largest absolute Gasteiger partial charge is 0.493 e. The Morgan fingerprint density at radius 1 is 1.53 bits per heavy atom. The van der Waals surface area contributed by atoms with Crippen molar-refractivity contribution in [2.24, 2.45) is 5.73 Å². The first-order chi connectivity index (χ1) is 7.21. The molecule has 15 heavy (non-hydrogen) atoms. The number of nitrogens with two attached hydrogens (primary N) is 1. The smallest absolute Gasteiger partial charge is 0.128 e. The van der Waals surface area contributed by atoms with Crippen molar-refractivity contribution in [3.05, 3.63) is 29.3 Å². The fraction of sp³-hybridized carbons (Fsp3) is 0.500. The van der Waals surface area contributed by atoms with E-state index in [0.717, 1.165) is 17.7 Å². The second-order valence-corrected chi connectivity index (χ2v) is 3.98. The van der Waals surface area contributed by atoms with Gasteiger partial charge in [-0.1, -0.05) is 25.1 Å². The molecule has 0 spiro atoms. The van der Waals surface area contributed by atoms with Gasteiger partial charge in [0.1, 0.15) is 11.4 Å². The standard InChI is InChI=1S/C12H17NO2/c1-2-12(14,8-13)10-5-3-4-9-6-7-15-11(9)10/h3-5,14H,2,6-8,13H2,1H3. The van der Waals surface area contributed by atoms with Crippen LogP contribution in [0.25, 0.3) is 0 Å². The molecule has 1 aliphatic rings. The van der Waals surface area contributed by atoms with Gasteiger partial charge >= 0.3 is 0 Å². The molecule has 3 heteroatoms. The molecule has 3 nitrogen and oxygen atoms in total. The van der Waals surface area contributed by atoms with E-state index in [4.69, 9.17) is 10.5 Å².